The maximum Gasteiger partial charge on any atom is 0.227 e. The number of nitrogens with one attached hydrogen (secondary N) is 1. The van der Waals surface area contributed by atoms with Crippen molar-refractivity contribution in [3.63, 3.8) is 0 Å². The van der Waals surface area contributed by atoms with Crippen LogP contribution >= 0.6 is 0 Å². The largest absolute Gasteiger partial charge is 0.492 e. The first kappa shape index (κ1) is 24.9. The topological polar surface area (TPSA) is 107 Å². The Morgan fingerprint density at radius 3 is 2.94 bits per heavy atom. The van der Waals surface area contributed by atoms with Gasteiger partial charge >= 0.3 is 0 Å². The fourth-order valence-electron chi connectivity index (χ4n) is 3.55. The van der Waals surface area contributed by atoms with Gasteiger partial charge < -0.3 is 19.2 Å². The van der Waals surface area contributed by atoms with Gasteiger partial charge in [0.1, 0.15) is 31.0 Å². The molecule has 0 amide bonds. The van der Waals surface area contributed by atoms with Crippen LogP contribution in [0.2, 0.25) is 0 Å². The van der Waals surface area contributed by atoms with Crippen molar-refractivity contribution in [3.8, 4) is 17.0 Å². The van der Waals surface area contributed by atoms with Crippen LogP contribution in [0.4, 0.5) is 11.6 Å². The summed E-state index contributed by atoms with van der Waals surface area (Å²) in [6.07, 6.45) is 7.38. The molecule has 3 aromatic rings. The molecule has 3 heterocycles. The van der Waals surface area contributed by atoms with Crippen molar-refractivity contribution < 1.29 is 22.3 Å². The fraction of sp³-hybridized carbons (Fsp3) is 0.360. The lowest BCUT2D eigenvalue weighted by molar-refractivity contribution is 0.131. The maximum atomic E-state index is 11.9. The zero-order chi connectivity index (χ0) is 24.7. The van der Waals surface area contributed by atoms with Crippen molar-refractivity contribution >= 4 is 21.5 Å². The van der Waals surface area contributed by atoms with E-state index >= 15 is 0 Å². The molecular weight excluding hydrogens is 468 g/mol. The molecule has 0 fully saturated rings. The molecular formula is C25H30N4O5S. The minimum Gasteiger partial charge on any atom is -0.492 e. The predicted octanol–water partition coefficient (Wildman–Crippen LogP) is 3.81. The molecule has 0 radical (unpaired) electrons. The molecule has 0 aliphatic carbocycles. The van der Waals surface area contributed by atoms with E-state index in [-0.39, 0.29) is 18.1 Å². The third kappa shape index (κ3) is 7.14. The van der Waals surface area contributed by atoms with Gasteiger partial charge in [0, 0.05) is 41.9 Å². The lowest BCUT2D eigenvalue weighted by Gasteiger charge is -2.19. The quantitative estimate of drug-likeness (QED) is 0.526. The summed E-state index contributed by atoms with van der Waals surface area (Å²) in [5.41, 5.74) is 3.30. The molecule has 0 unspecified atom stereocenters. The Morgan fingerprint density at radius 2 is 2.09 bits per heavy atom. The molecule has 35 heavy (non-hydrogen) atoms. The zero-order valence-corrected chi connectivity index (χ0v) is 20.8. The van der Waals surface area contributed by atoms with Gasteiger partial charge in [-0.2, -0.15) is 0 Å². The minimum atomic E-state index is -3.10. The van der Waals surface area contributed by atoms with E-state index in [1.165, 1.54) is 0 Å². The molecule has 1 aliphatic heterocycles. The summed E-state index contributed by atoms with van der Waals surface area (Å²) in [5, 5.41) is 3.26. The highest BCUT2D eigenvalue weighted by atomic mass is 32.2. The van der Waals surface area contributed by atoms with Crippen molar-refractivity contribution in [1.29, 1.82) is 0 Å². The summed E-state index contributed by atoms with van der Waals surface area (Å²) in [5.74, 6) is 1.91. The number of furan rings is 1. The number of nitrogens with zero attached hydrogens (tertiary/aromatic N) is 3. The molecule has 10 heteroatoms. The highest BCUT2D eigenvalue weighted by Crippen LogP contribution is 2.27. The Balaban J connectivity index is 1.61. The van der Waals surface area contributed by atoms with Gasteiger partial charge in [-0.15, -0.1) is 0 Å². The highest BCUT2D eigenvalue weighted by molar-refractivity contribution is 7.91. The summed E-state index contributed by atoms with van der Waals surface area (Å²) in [6, 6.07) is 9.42. The second-order valence-electron chi connectivity index (χ2n) is 8.28. The van der Waals surface area contributed by atoms with Crippen molar-refractivity contribution in [3.05, 3.63) is 66.3 Å². The number of sulfone groups is 1. The number of ether oxygens (including phenoxy) is 2. The third-order valence-electron chi connectivity index (χ3n) is 5.50. The zero-order valence-electron chi connectivity index (χ0n) is 19.9. The van der Waals surface area contributed by atoms with E-state index in [1.54, 1.807) is 19.4 Å². The summed E-state index contributed by atoms with van der Waals surface area (Å²) in [6.45, 7) is 3.90. The van der Waals surface area contributed by atoms with E-state index in [1.807, 2.05) is 49.5 Å². The number of aromatic nitrogens is 2. The lowest BCUT2D eigenvalue weighted by atomic mass is 10.1. The molecule has 6 bridgehead atoms. The van der Waals surface area contributed by atoms with Crippen LogP contribution in [0.1, 0.15) is 18.2 Å². The van der Waals surface area contributed by atoms with Gasteiger partial charge in [0.25, 0.3) is 0 Å². The fourth-order valence-corrected chi connectivity index (χ4v) is 4.18. The smallest absolute Gasteiger partial charge is 0.227 e. The number of benzene rings is 1. The van der Waals surface area contributed by atoms with E-state index < -0.39 is 9.84 Å². The summed E-state index contributed by atoms with van der Waals surface area (Å²) >= 11 is 0. The Hall–Kier alpha value is -3.21. The number of rotatable bonds is 5. The van der Waals surface area contributed by atoms with Gasteiger partial charge in [-0.25, -0.2) is 18.4 Å². The van der Waals surface area contributed by atoms with E-state index in [4.69, 9.17) is 13.9 Å². The molecule has 0 spiro atoms. The molecule has 1 aliphatic rings. The Morgan fingerprint density at radius 1 is 1.20 bits per heavy atom. The molecule has 9 nitrogen and oxygen atoms in total. The third-order valence-corrected chi connectivity index (χ3v) is 7.16. The molecule has 0 saturated carbocycles. The van der Waals surface area contributed by atoms with E-state index in [2.05, 4.69) is 20.2 Å². The van der Waals surface area contributed by atoms with Gasteiger partial charge in [0.2, 0.25) is 5.95 Å². The Bertz CT molecular complexity index is 1270. The summed E-state index contributed by atoms with van der Waals surface area (Å²) < 4.78 is 40.9. The number of anilines is 2. The maximum absolute atomic E-state index is 11.9. The average molecular weight is 499 g/mol. The first-order valence-electron chi connectivity index (χ1n) is 11.5. The Labute approximate surface area is 205 Å². The number of likely N-dealkylation sites (N-methyl/N-ethyl adjacent to an activating group) is 1. The standard InChI is InChI=1S/C25H30N4O5S/c1-3-35(30,31)13-12-33-24-7-6-21-14-19(24)16-29(2)10-4-5-11-32-18-22-15-20(17-34-22)23-8-9-26-25(27-21)28-23/h4-9,14-15,17H,3,10-13,16,18H2,1-2H3,(H,26,27,28). The van der Waals surface area contributed by atoms with Crippen LogP contribution in [0.15, 0.2) is 59.4 Å². The van der Waals surface area contributed by atoms with Crippen LogP contribution in [-0.2, 0) is 27.7 Å². The summed E-state index contributed by atoms with van der Waals surface area (Å²) in [4.78, 5) is 11.1. The average Bonchev–Trinajstić information content (AvgIpc) is 3.31. The Kier molecular flexibility index (Phi) is 8.17. The number of hydrogen-bond acceptors (Lipinski definition) is 9. The first-order valence-corrected chi connectivity index (χ1v) is 13.3. The van der Waals surface area contributed by atoms with Gasteiger partial charge in [0.05, 0.1) is 18.1 Å². The molecule has 2 aromatic heterocycles. The summed E-state index contributed by atoms with van der Waals surface area (Å²) in [7, 11) is -1.10. The van der Waals surface area contributed by atoms with Crippen LogP contribution in [0, 0.1) is 0 Å². The van der Waals surface area contributed by atoms with Crippen LogP contribution in [0.5, 0.6) is 5.75 Å². The van der Waals surface area contributed by atoms with Gasteiger partial charge in [0.15, 0.2) is 9.84 Å². The minimum absolute atomic E-state index is 0.0160. The van der Waals surface area contributed by atoms with Crippen molar-refractivity contribution in [1.82, 2.24) is 14.9 Å². The van der Waals surface area contributed by atoms with Gasteiger partial charge in [-0.3, -0.25) is 4.90 Å². The lowest BCUT2D eigenvalue weighted by Crippen LogP contribution is -2.20. The van der Waals surface area contributed by atoms with Gasteiger partial charge in [-0.05, 0) is 37.4 Å². The highest BCUT2D eigenvalue weighted by Gasteiger charge is 2.13. The van der Waals surface area contributed by atoms with Crippen LogP contribution in [-0.4, -0.2) is 61.6 Å². The van der Waals surface area contributed by atoms with Crippen LogP contribution < -0.4 is 10.1 Å². The van der Waals surface area contributed by atoms with E-state index in [0.717, 1.165) is 28.3 Å². The normalized spacial score (nSPS) is 15.1. The monoisotopic (exact) mass is 498 g/mol. The van der Waals surface area contributed by atoms with Crippen molar-refractivity contribution in [2.24, 2.45) is 0 Å². The van der Waals surface area contributed by atoms with E-state index in [0.29, 0.717) is 38.0 Å². The first-order chi connectivity index (χ1) is 16.9. The molecule has 1 N–H and O–H groups in total. The van der Waals surface area contributed by atoms with Crippen molar-refractivity contribution in [2.75, 3.05) is 43.6 Å². The second-order valence-corrected chi connectivity index (χ2v) is 10.8. The van der Waals surface area contributed by atoms with E-state index in [9.17, 15) is 8.42 Å². The SMILES string of the molecule is CCS(=O)(=O)CCOc1ccc2cc1CN(C)CC=CCOCc1cc(co1)-c1ccnc(n1)N2. The number of fused-ring (bicyclic) bond motifs is 7. The van der Waals surface area contributed by atoms with Crippen LogP contribution in [0.25, 0.3) is 11.3 Å². The van der Waals surface area contributed by atoms with Crippen molar-refractivity contribution in [2.45, 2.75) is 20.1 Å². The number of hydrogen-bond donors (Lipinski definition) is 1. The second kappa shape index (κ2) is 11.5. The van der Waals surface area contributed by atoms with Crippen LogP contribution in [0.3, 0.4) is 0 Å². The molecule has 186 valence electrons. The van der Waals surface area contributed by atoms with Gasteiger partial charge in [-0.1, -0.05) is 19.1 Å². The predicted molar refractivity (Wildman–Crippen MR) is 134 cm³/mol. The molecule has 0 atom stereocenters. The molecule has 0 saturated heterocycles. The molecule has 1 aromatic carbocycles. The molecule has 4 rings (SSSR count).